The van der Waals surface area contributed by atoms with Crippen molar-refractivity contribution in [3.05, 3.63) is 70.3 Å². The Morgan fingerprint density at radius 3 is 2.64 bits per heavy atom. The Balaban J connectivity index is 1.76. The van der Waals surface area contributed by atoms with E-state index >= 15 is 0 Å². The number of hydrogen-bond donors (Lipinski definition) is 0. The molecule has 0 spiro atoms. The fourth-order valence-electron chi connectivity index (χ4n) is 4.17. The van der Waals surface area contributed by atoms with Crippen LogP contribution in [0.15, 0.2) is 58.5 Å². The van der Waals surface area contributed by atoms with E-state index in [1.165, 1.54) is 18.6 Å². The van der Waals surface area contributed by atoms with Gasteiger partial charge in [-0.2, -0.15) is 0 Å². The molecule has 2 aromatic carbocycles. The first kappa shape index (κ1) is 19.2. The minimum Gasteiger partial charge on any atom is -0.284 e. The number of para-hydroxylation sites is 1. The van der Waals surface area contributed by atoms with E-state index in [-0.39, 0.29) is 17.4 Å². The van der Waals surface area contributed by atoms with Gasteiger partial charge >= 0.3 is 0 Å². The van der Waals surface area contributed by atoms with Crippen LogP contribution in [0, 0.1) is 17.7 Å². The minimum absolute atomic E-state index is 0.0538. The lowest BCUT2D eigenvalue weighted by atomic mass is 9.78. The quantitative estimate of drug-likeness (QED) is 0.411. The Hall–Kier alpha value is -2.14. The van der Waals surface area contributed by atoms with E-state index in [2.05, 4.69) is 13.8 Å². The number of fused-ring (bicyclic) bond motifs is 1. The van der Waals surface area contributed by atoms with Crippen LogP contribution in [0.4, 0.5) is 4.39 Å². The highest BCUT2D eigenvalue weighted by atomic mass is 32.2. The number of aromatic nitrogens is 2. The zero-order chi connectivity index (χ0) is 19.7. The molecule has 0 N–H and O–H groups in total. The molecule has 5 heteroatoms. The summed E-state index contributed by atoms with van der Waals surface area (Å²) in [6, 6.07) is 14.3. The Labute approximate surface area is 169 Å². The molecule has 1 heterocycles. The van der Waals surface area contributed by atoms with Gasteiger partial charge in [-0.3, -0.25) is 9.36 Å². The molecular weight excluding hydrogens is 371 g/mol. The second kappa shape index (κ2) is 8.08. The van der Waals surface area contributed by atoms with Gasteiger partial charge in [0.05, 0.1) is 10.9 Å². The van der Waals surface area contributed by atoms with Gasteiger partial charge in [0, 0.05) is 11.8 Å². The number of rotatable bonds is 4. The molecule has 0 radical (unpaired) electrons. The van der Waals surface area contributed by atoms with E-state index < -0.39 is 0 Å². The Morgan fingerprint density at radius 2 is 1.86 bits per heavy atom. The summed E-state index contributed by atoms with van der Waals surface area (Å²) in [5.74, 6) is 1.44. The van der Waals surface area contributed by atoms with Crippen LogP contribution < -0.4 is 5.56 Å². The molecular formula is C23H25FN2OS. The van der Waals surface area contributed by atoms with Crippen LogP contribution in [0.1, 0.15) is 44.7 Å². The van der Waals surface area contributed by atoms with Gasteiger partial charge in [-0.05, 0) is 48.1 Å². The molecule has 0 bridgehead atoms. The van der Waals surface area contributed by atoms with Crippen LogP contribution in [0.25, 0.3) is 10.9 Å². The topological polar surface area (TPSA) is 34.9 Å². The van der Waals surface area contributed by atoms with Crippen molar-refractivity contribution in [3.8, 4) is 0 Å². The highest BCUT2D eigenvalue weighted by Crippen LogP contribution is 2.39. The van der Waals surface area contributed by atoms with E-state index in [0.29, 0.717) is 23.0 Å². The van der Waals surface area contributed by atoms with E-state index in [0.717, 1.165) is 29.1 Å². The largest absolute Gasteiger partial charge is 0.284 e. The zero-order valence-electron chi connectivity index (χ0n) is 16.3. The molecule has 1 fully saturated rings. The summed E-state index contributed by atoms with van der Waals surface area (Å²) in [5, 5.41) is 1.44. The third-order valence-corrected chi connectivity index (χ3v) is 7.08. The number of hydrogen-bond acceptors (Lipinski definition) is 3. The number of halogens is 1. The predicted molar refractivity (Wildman–Crippen MR) is 113 cm³/mol. The number of thioether (sulfide) groups is 1. The van der Waals surface area contributed by atoms with Crippen LogP contribution in [0.3, 0.4) is 0 Å². The summed E-state index contributed by atoms with van der Waals surface area (Å²) in [7, 11) is 0. The number of benzene rings is 2. The average molecular weight is 397 g/mol. The Bertz CT molecular complexity index is 1030. The standard InChI is InChI=1S/C23H25FN2OS/c1-15-6-5-9-21(16(15)2)26-22(27)19-7-3-4-8-20(19)25-23(26)28-14-17-10-12-18(24)13-11-17/h3-4,7-8,10-13,15-16,21H,5-6,9,14H2,1-2H3/t15-,16+,21-/m0/s1. The van der Waals surface area contributed by atoms with Gasteiger partial charge in [0.1, 0.15) is 5.82 Å². The molecule has 0 amide bonds. The lowest BCUT2D eigenvalue weighted by Crippen LogP contribution is -2.35. The van der Waals surface area contributed by atoms with Crippen molar-refractivity contribution in [2.45, 2.75) is 50.1 Å². The predicted octanol–water partition coefficient (Wildman–Crippen LogP) is 5.83. The molecule has 3 atom stereocenters. The van der Waals surface area contributed by atoms with E-state index in [1.54, 1.807) is 23.9 Å². The first-order valence-electron chi connectivity index (χ1n) is 9.93. The molecule has 3 aromatic rings. The van der Waals surface area contributed by atoms with Gasteiger partial charge in [0.15, 0.2) is 5.16 Å². The van der Waals surface area contributed by atoms with Crippen molar-refractivity contribution in [2.24, 2.45) is 11.8 Å². The average Bonchev–Trinajstić information content (AvgIpc) is 2.70. The van der Waals surface area contributed by atoms with Crippen LogP contribution >= 0.6 is 11.8 Å². The maximum Gasteiger partial charge on any atom is 0.262 e. The first-order chi connectivity index (χ1) is 13.5. The molecule has 0 saturated heterocycles. The highest BCUT2D eigenvalue weighted by molar-refractivity contribution is 7.98. The summed E-state index contributed by atoms with van der Waals surface area (Å²) >= 11 is 1.56. The SMILES string of the molecule is C[C@@H]1[C@@H](C)CCC[C@@H]1n1c(SCc2ccc(F)cc2)nc2ccccc2c1=O. The molecule has 0 unspecified atom stereocenters. The summed E-state index contributed by atoms with van der Waals surface area (Å²) < 4.78 is 15.1. The number of nitrogens with zero attached hydrogens (tertiary/aromatic N) is 2. The molecule has 0 aliphatic heterocycles. The molecule has 1 aliphatic carbocycles. The van der Waals surface area contributed by atoms with Crippen LogP contribution in [-0.2, 0) is 5.75 Å². The zero-order valence-corrected chi connectivity index (χ0v) is 17.1. The maximum absolute atomic E-state index is 13.4. The second-order valence-corrected chi connectivity index (χ2v) is 8.78. The van der Waals surface area contributed by atoms with Crippen LogP contribution in [0.2, 0.25) is 0 Å². The third kappa shape index (κ3) is 3.72. The van der Waals surface area contributed by atoms with E-state index in [9.17, 15) is 9.18 Å². The molecule has 4 rings (SSSR count). The lowest BCUT2D eigenvalue weighted by Gasteiger charge is -2.36. The second-order valence-electron chi connectivity index (χ2n) is 7.84. The van der Waals surface area contributed by atoms with E-state index in [1.807, 2.05) is 28.8 Å². The van der Waals surface area contributed by atoms with Gasteiger partial charge in [0.25, 0.3) is 5.56 Å². The summed E-state index contributed by atoms with van der Waals surface area (Å²) in [4.78, 5) is 18.3. The monoisotopic (exact) mass is 396 g/mol. The third-order valence-electron chi connectivity index (χ3n) is 6.05. The normalized spacial score (nSPS) is 22.5. The fourth-order valence-corrected chi connectivity index (χ4v) is 5.18. The van der Waals surface area contributed by atoms with Crippen molar-refractivity contribution in [1.82, 2.24) is 9.55 Å². The molecule has 1 aromatic heterocycles. The summed E-state index contributed by atoms with van der Waals surface area (Å²) in [6.07, 6.45) is 3.36. The van der Waals surface area contributed by atoms with Gasteiger partial charge in [-0.1, -0.05) is 62.7 Å². The molecule has 3 nitrogen and oxygen atoms in total. The van der Waals surface area contributed by atoms with Crippen molar-refractivity contribution in [3.63, 3.8) is 0 Å². The lowest BCUT2D eigenvalue weighted by molar-refractivity contribution is 0.173. The van der Waals surface area contributed by atoms with Crippen molar-refractivity contribution in [2.75, 3.05) is 0 Å². The van der Waals surface area contributed by atoms with Crippen molar-refractivity contribution >= 4 is 22.7 Å². The van der Waals surface area contributed by atoms with Crippen molar-refractivity contribution < 1.29 is 4.39 Å². The summed E-state index contributed by atoms with van der Waals surface area (Å²) in [5.41, 5.74) is 1.81. The van der Waals surface area contributed by atoms with Gasteiger partial charge in [0.2, 0.25) is 0 Å². The van der Waals surface area contributed by atoms with E-state index in [4.69, 9.17) is 4.98 Å². The fraction of sp³-hybridized carbons (Fsp3) is 0.391. The molecule has 1 saturated carbocycles. The molecule has 146 valence electrons. The first-order valence-corrected chi connectivity index (χ1v) is 10.9. The maximum atomic E-state index is 13.4. The van der Waals surface area contributed by atoms with Crippen LogP contribution in [0.5, 0.6) is 0 Å². The van der Waals surface area contributed by atoms with Gasteiger partial charge in [-0.15, -0.1) is 0 Å². The van der Waals surface area contributed by atoms with Crippen LogP contribution in [-0.4, -0.2) is 9.55 Å². The highest BCUT2D eigenvalue weighted by Gasteiger charge is 2.31. The minimum atomic E-state index is -0.237. The summed E-state index contributed by atoms with van der Waals surface area (Å²) in [6.45, 7) is 4.53. The van der Waals surface area contributed by atoms with Crippen molar-refractivity contribution in [1.29, 1.82) is 0 Å². The van der Waals surface area contributed by atoms with Gasteiger partial charge < -0.3 is 0 Å². The molecule has 28 heavy (non-hydrogen) atoms. The Kier molecular flexibility index (Phi) is 5.54. The molecule has 1 aliphatic rings. The smallest absolute Gasteiger partial charge is 0.262 e. The Morgan fingerprint density at radius 1 is 1.11 bits per heavy atom. The van der Waals surface area contributed by atoms with Gasteiger partial charge in [-0.25, -0.2) is 9.37 Å².